The topological polar surface area (TPSA) is 201 Å². The van der Waals surface area contributed by atoms with Crippen molar-refractivity contribution in [3.05, 3.63) is 179 Å². The molecule has 0 aliphatic carbocycles. The predicted molar refractivity (Wildman–Crippen MR) is 154 cm³/mol. The standard InChI is InChI=1S/5C7H6O2.V/c5*8-7(9)6-4-2-1-3-5-6;/h5*1-5H,(H,8,9);/q;;;;;+5/p-5. The Morgan fingerprint density at radius 3 is 0.435 bits per heavy atom. The molecule has 0 aliphatic heterocycles. The fraction of sp³-hybridized carbons (Fsp3) is 0. The third-order valence-electron chi connectivity index (χ3n) is 5.05. The summed E-state index contributed by atoms with van der Waals surface area (Å²) in [6, 6.07) is 40.3. The first kappa shape index (κ1) is 40.0. The number of carboxylic acids is 5. The van der Waals surface area contributed by atoms with Crippen molar-refractivity contribution in [2.45, 2.75) is 0 Å². The molecule has 0 heterocycles. The summed E-state index contributed by atoms with van der Waals surface area (Å²) >= 11 is 0. The molecule has 0 aromatic heterocycles. The molecule has 0 saturated heterocycles. The van der Waals surface area contributed by atoms with Crippen LogP contribution in [0.3, 0.4) is 0 Å². The zero-order valence-corrected chi connectivity index (χ0v) is 25.4. The second-order valence-electron chi connectivity index (χ2n) is 8.27. The Labute approximate surface area is 276 Å². The second kappa shape index (κ2) is 23.5. The molecule has 0 N–H and O–H groups in total. The van der Waals surface area contributed by atoms with Crippen molar-refractivity contribution in [3.63, 3.8) is 0 Å². The number of carbonyl (C=O) groups excluding carboxylic acids is 5. The van der Waals surface area contributed by atoms with E-state index >= 15 is 0 Å². The van der Waals surface area contributed by atoms with Crippen LogP contribution in [0.2, 0.25) is 0 Å². The van der Waals surface area contributed by atoms with E-state index in [2.05, 4.69) is 0 Å². The van der Waals surface area contributed by atoms with Crippen LogP contribution in [-0.4, -0.2) is 29.8 Å². The molecule has 0 spiro atoms. The van der Waals surface area contributed by atoms with Crippen molar-refractivity contribution in [2.24, 2.45) is 0 Å². The van der Waals surface area contributed by atoms with Crippen LogP contribution in [0.15, 0.2) is 152 Å². The first-order valence-corrected chi connectivity index (χ1v) is 12.8. The first-order valence-electron chi connectivity index (χ1n) is 12.8. The molecule has 11 heteroatoms. The normalized spacial score (nSPS) is 8.70. The third kappa shape index (κ3) is 17.9. The summed E-state index contributed by atoms with van der Waals surface area (Å²) in [5.74, 6) is -5.65. The van der Waals surface area contributed by atoms with Crippen molar-refractivity contribution in [1.29, 1.82) is 0 Å². The van der Waals surface area contributed by atoms with E-state index in [0.717, 1.165) is 0 Å². The Hall–Kier alpha value is -5.97. The van der Waals surface area contributed by atoms with Gasteiger partial charge in [-0.05, 0) is 27.8 Å². The molecule has 0 fully saturated rings. The first-order chi connectivity index (χ1) is 21.5. The van der Waals surface area contributed by atoms with Crippen LogP contribution >= 0.6 is 0 Å². The van der Waals surface area contributed by atoms with Gasteiger partial charge < -0.3 is 49.5 Å². The minimum Gasteiger partial charge on any atom is -0.545 e. The Bertz CT molecular complexity index is 1310. The molecular weight excluding hydrogens is 631 g/mol. The van der Waals surface area contributed by atoms with Gasteiger partial charge in [0.15, 0.2) is 0 Å². The van der Waals surface area contributed by atoms with Crippen LogP contribution in [0.4, 0.5) is 0 Å². The van der Waals surface area contributed by atoms with E-state index in [1.165, 1.54) is 60.7 Å². The van der Waals surface area contributed by atoms with E-state index in [1.54, 1.807) is 91.0 Å². The maximum absolute atomic E-state index is 10.1. The largest absolute Gasteiger partial charge is 5.00 e. The van der Waals surface area contributed by atoms with Crippen LogP contribution in [0, 0.1) is 0 Å². The van der Waals surface area contributed by atoms with Gasteiger partial charge >= 0.3 is 18.6 Å². The zero-order valence-electron chi connectivity index (χ0n) is 24.0. The monoisotopic (exact) mass is 656 g/mol. The molecule has 0 bridgehead atoms. The molecular formula is C35H25O10V. The minimum atomic E-state index is -1.13. The number of carboxylic acid groups (broad SMARTS) is 5. The average Bonchev–Trinajstić information content (AvgIpc) is 3.08. The summed E-state index contributed by atoms with van der Waals surface area (Å²) in [6.07, 6.45) is 0. The van der Waals surface area contributed by atoms with Gasteiger partial charge in [-0.15, -0.1) is 0 Å². The van der Waals surface area contributed by atoms with Gasteiger partial charge in [0.25, 0.3) is 0 Å². The molecule has 230 valence electrons. The summed E-state index contributed by atoms with van der Waals surface area (Å²) in [7, 11) is 0. The molecule has 0 radical (unpaired) electrons. The smallest absolute Gasteiger partial charge is 0.545 e. The second-order valence-corrected chi connectivity index (χ2v) is 8.27. The fourth-order valence-electron chi connectivity index (χ4n) is 2.87. The Morgan fingerprint density at radius 2 is 0.370 bits per heavy atom. The van der Waals surface area contributed by atoms with E-state index in [9.17, 15) is 49.5 Å². The van der Waals surface area contributed by atoms with Gasteiger partial charge in [0.05, 0.1) is 29.8 Å². The van der Waals surface area contributed by atoms with Gasteiger partial charge in [-0.1, -0.05) is 152 Å². The molecule has 0 amide bonds. The van der Waals surface area contributed by atoms with Crippen LogP contribution in [0.1, 0.15) is 51.8 Å². The van der Waals surface area contributed by atoms with E-state index < -0.39 is 29.8 Å². The molecule has 0 saturated carbocycles. The van der Waals surface area contributed by atoms with Gasteiger partial charge in [-0.3, -0.25) is 0 Å². The summed E-state index contributed by atoms with van der Waals surface area (Å²) < 4.78 is 0. The van der Waals surface area contributed by atoms with Crippen LogP contribution in [-0.2, 0) is 18.6 Å². The van der Waals surface area contributed by atoms with Gasteiger partial charge in [0.2, 0.25) is 0 Å². The number of hydrogen-bond donors (Lipinski definition) is 0. The number of benzene rings is 5. The summed E-state index contributed by atoms with van der Waals surface area (Å²) in [6.45, 7) is 0. The van der Waals surface area contributed by atoms with Gasteiger partial charge in [0.1, 0.15) is 0 Å². The number of rotatable bonds is 5. The summed E-state index contributed by atoms with van der Waals surface area (Å²) in [5.41, 5.74) is 1.10. The zero-order chi connectivity index (χ0) is 33.5. The van der Waals surface area contributed by atoms with Gasteiger partial charge in [0, 0.05) is 0 Å². The van der Waals surface area contributed by atoms with Crippen LogP contribution in [0.5, 0.6) is 0 Å². The van der Waals surface area contributed by atoms with E-state index in [4.69, 9.17) is 0 Å². The Kier molecular flexibility index (Phi) is 20.4. The number of carbonyl (C=O) groups is 5. The number of aromatic carboxylic acids is 5. The maximum atomic E-state index is 10.1. The van der Waals surface area contributed by atoms with Gasteiger partial charge in [-0.2, -0.15) is 0 Å². The van der Waals surface area contributed by atoms with Crippen molar-refractivity contribution < 1.29 is 68.1 Å². The molecule has 10 nitrogen and oxygen atoms in total. The molecule has 5 aromatic carbocycles. The summed E-state index contributed by atoms with van der Waals surface area (Å²) in [4.78, 5) is 50.4. The van der Waals surface area contributed by atoms with Crippen molar-refractivity contribution in [3.8, 4) is 0 Å². The van der Waals surface area contributed by atoms with Crippen molar-refractivity contribution in [1.82, 2.24) is 0 Å². The molecule has 0 unspecified atom stereocenters. The minimum absolute atomic E-state index is 0. The molecule has 0 aliphatic rings. The average molecular weight is 657 g/mol. The quantitative estimate of drug-likeness (QED) is 0.252. The van der Waals surface area contributed by atoms with Crippen LogP contribution in [0.25, 0.3) is 0 Å². The van der Waals surface area contributed by atoms with E-state index in [-0.39, 0.29) is 46.4 Å². The third-order valence-corrected chi connectivity index (χ3v) is 5.05. The Balaban J connectivity index is 0.000000547. The number of hydrogen-bond acceptors (Lipinski definition) is 10. The van der Waals surface area contributed by atoms with E-state index in [0.29, 0.717) is 0 Å². The predicted octanol–water partition coefficient (Wildman–Crippen LogP) is 0.248. The molecule has 5 rings (SSSR count). The Morgan fingerprint density at radius 1 is 0.261 bits per heavy atom. The maximum Gasteiger partial charge on any atom is 5.00 e. The van der Waals surface area contributed by atoms with Gasteiger partial charge in [-0.25, -0.2) is 0 Å². The molecule has 46 heavy (non-hydrogen) atoms. The molecule has 5 aromatic rings. The van der Waals surface area contributed by atoms with Crippen LogP contribution < -0.4 is 25.5 Å². The van der Waals surface area contributed by atoms with Crippen molar-refractivity contribution >= 4 is 29.8 Å². The van der Waals surface area contributed by atoms with Crippen molar-refractivity contribution in [2.75, 3.05) is 0 Å². The fourth-order valence-corrected chi connectivity index (χ4v) is 2.87. The SMILES string of the molecule is O=C([O-])c1ccccc1.O=C([O-])c1ccccc1.O=C([O-])c1ccccc1.O=C([O-])c1ccccc1.O=C([O-])c1ccccc1.[V+5]. The molecule has 0 atom stereocenters. The van der Waals surface area contributed by atoms with E-state index in [1.807, 2.05) is 0 Å². The summed E-state index contributed by atoms with van der Waals surface area (Å²) in [5, 5.41) is 50.4.